The standard InChI is InChI=1S/C5H5Cl/c1-5(2)3-4-6/h1H2,2H3. The Kier molecular flexibility index (Phi) is 2.62. The maximum Gasteiger partial charge on any atom is 0.00915 e. The molecule has 0 aromatic carbocycles. The molecule has 1 heteroatoms. The highest BCUT2D eigenvalue weighted by Crippen LogP contribution is 1.79. The first kappa shape index (κ1) is 5.59. The van der Waals surface area contributed by atoms with E-state index >= 15 is 0 Å². The van der Waals surface area contributed by atoms with Crippen molar-refractivity contribution < 1.29 is 0 Å². The second-order valence-electron chi connectivity index (χ2n) is 1.000. The molecule has 0 spiro atoms. The van der Waals surface area contributed by atoms with Crippen molar-refractivity contribution in [3.05, 3.63) is 12.2 Å². The molecule has 0 amide bonds. The van der Waals surface area contributed by atoms with Gasteiger partial charge in [0.1, 0.15) is 0 Å². The lowest BCUT2D eigenvalue weighted by atomic mass is 10.4. The molecule has 0 unspecified atom stereocenters. The van der Waals surface area contributed by atoms with Crippen molar-refractivity contribution >= 4 is 11.6 Å². The zero-order chi connectivity index (χ0) is 4.99. The van der Waals surface area contributed by atoms with Gasteiger partial charge >= 0.3 is 0 Å². The number of hydrogen-bond acceptors (Lipinski definition) is 0. The first-order valence-corrected chi connectivity index (χ1v) is 1.92. The summed E-state index contributed by atoms with van der Waals surface area (Å²) in [4.78, 5) is 0. The van der Waals surface area contributed by atoms with Crippen molar-refractivity contribution in [1.29, 1.82) is 0 Å². The van der Waals surface area contributed by atoms with Crippen molar-refractivity contribution in [3.63, 3.8) is 0 Å². The Labute approximate surface area is 42.8 Å². The molecule has 0 N–H and O–H groups in total. The Morgan fingerprint density at radius 1 is 1.83 bits per heavy atom. The molecule has 6 heavy (non-hydrogen) atoms. The minimum Gasteiger partial charge on any atom is -0.0877 e. The maximum absolute atomic E-state index is 4.97. The Bertz CT molecular complexity index is 103. The number of hydrogen-bond donors (Lipinski definition) is 0. The third-order valence-corrected chi connectivity index (χ3v) is 0.355. The van der Waals surface area contributed by atoms with Gasteiger partial charge in [-0.3, -0.25) is 0 Å². The molecule has 32 valence electrons. The van der Waals surface area contributed by atoms with Gasteiger partial charge < -0.3 is 0 Å². The van der Waals surface area contributed by atoms with E-state index in [1.807, 2.05) is 0 Å². The Balaban J connectivity index is 3.50. The SMILES string of the molecule is C=C(C)C#CCl. The number of allylic oxidation sites excluding steroid dienone is 1. The van der Waals surface area contributed by atoms with Crippen LogP contribution in [0, 0.1) is 11.3 Å². The summed E-state index contributed by atoms with van der Waals surface area (Å²) in [6.07, 6.45) is 0. The summed E-state index contributed by atoms with van der Waals surface area (Å²) in [5, 5.41) is 2.19. The summed E-state index contributed by atoms with van der Waals surface area (Å²) in [7, 11) is 0. The molecule has 0 heterocycles. The van der Waals surface area contributed by atoms with Crippen LogP contribution in [0.4, 0.5) is 0 Å². The summed E-state index contributed by atoms with van der Waals surface area (Å²) < 4.78 is 0. The van der Waals surface area contributed by atoms with Crippen LogP contribution in [0.25, 0.3) is 0 Å². The molecule has 0 aromatic heterocycles. The van der Waals surface area contributed by atoms with Crippen molar-refractivity contribution in [2.75, 3.05) is 0 Å². The molecule has 0 aromatic rings. The average molecular weight is 101 g/mol. The lowest BCUT2D eigenvalue weighted by molar-refractivity contribution is 1.63. The Hall–Kier alpha value is -0.410. The molecule has 0 rings (SSSR count). The van der Waals surface area contributed by atoms with Crippen molar-refractivity contribution in [1.82, 2.24) is 0 Å². The molecule has 0 nitrogen and oxygen atoms in total. The van der Waals surface area contributed by atoms with E-state index in [-0.39, 0.29) is 0 Å². The predicted octanol–water partition coefficient (Wildman–Crippen LogP) is 1.76. The van der Waals surface area contributed by atoms with E-state index in [4.69, 9.17) is 11.6 Å². The number of halogens is 1. The summed E-state index contributed by atoms with van der Waals surface area (Å²) in [6, 6.07) is 0. The topological polar surface area (TPSA) is 0 Å². The van der Waals surface area contributed by atoms with Crippen LogP contribution in [-0.2, 0) is 0 Å². The maximum atomic E-state index is 4.97. The van der Waals surface area contributed by atoms with Crippen LogP contribution in [0.3, 0.4) is 0 Å². The summed E-state index contributed by atoms with van der Waals surface area (Å²) in [5.41, 5.74) is 0.796. The van der Waals surface area contributed by atoms with Crippen LogP contribution in [0.2, 0.25) is 0 Å². The summed E-state index contributed by atoms with van der Waals surface area (Å²) in [5.74, 6) is 2.53. The minimum atomic E-state index is 0.796. The van der Waals surface area contributed by atoms with Gasteiger partial charge in [0.2, 0.25) is 0 Å². The zero-order valence-electron chi connectivity index (χ0n) is 3.59. The lowest BCUT2D eigenvalue weighted by Gasteiger charge is -1.68. The van der Waals surface area contributed by atoms with Gasteiger partial charge in [-0.05, 0) is 24.1 Å². The molecule has 0 saturated carbocycles. The highest BCUT2D eigenvalue weighted by molar-refractivity contribution is 6.30. The van der Waals surface area contributed by atoms with E-state index in [9.17, 15) is 0 Å². The quantitative estimate of drug-likeness (QED) is 0.407. The first-order valence-electron chi connectivity index (χ1n) is 1.54. The zero-order valence-corrected chi connectivity index (χ0v) is 4.34. The van der Waals surface area contributed by atoms with Crippen LogP contribution < -0.4 is 0 Å². The normalized spacial score (nSPS) is 5.67. The monoisotopic (exact) mass is 100 g/mol. The van der Waals surface area contributed by atoms with Gasteiger partial charge in [-0.15, -0.1) is 0 Å². The van der Waals surface area contributed by atoms with Crippen molar-refractivity contribution in [2.45, 2.75) is 6.92 Å². The van der Waals surface area contributed by atoms with E-state index in [0.717, 1.165) is 5.57 Å². The van der Waals surface area contributed by atoms with Crippen LogP contribution >= 0.6 is 11.6 Å². The number of rotatable bonds is 0. The molecule has 0 saturated heterocycles. The third kappa shape index (κ3) is 3.59. The van der Waals surface area contributed by atoms with Crippen LogP contribution in [0.5, 0.6) is 0 Å². The van der Waals surface area contributed by atoms with Crippen molar-refractivity contribution in [3.8, 4) is 11.3 Å². The van der Waals surface area contributed by atoms with Crippen LogP contribution in [0.15, 0.2) is 12.2 Å². The second kappa shape index (κ2) is 2.81. The van der Waals surface area contributed by atoms with E-state index in [0.29, 0.717) is 0 Å². The Morgan fingerprint density at radius 3 is 2.33 bits per heavy atom. The molecule has 0 bridgehead atoms. The van der Waals surface area contributed by atoms with Gasteiger partial charge in [-0.25, -0.2) is 0 Å². The fourth-order valence-electron chi connectivity index (χ4n) is 0.0807. The average Bonchev–Trinajstić information content (AvgIpc) is 1.35. The van der Waals surface area contributed by atoms with Crippen LogP contribution in [0.1, 0.15) is 6.92 Å². The Morgan fingerprint density at radius 2 is 2.33 bits per heavy atom. The van der Waals surface area contributed by atoms with E-state index in [1.54, 1.807) is 6.92 Å². The smallest absolute Gasteiger partial charge is 0.00915 e. The summed E-state index contributed by atoms with van der Waals surface area (Å²) in [6.45, 7) is 5.29. The van der Waals surface area contributed by atoms with Gasteiger partial charge in [0, 0.05) is 5.38 Å². The summed E-state index contributed by atoms with van der Waals surface area (Å²) >= 11 is 4.97. The van der Waals surface area contributed by atoms with E-state index < -0.39 is 0 Å². The molecule has 0 aliphatic rings. The third-order valence-electron chi connectivity index (χ3n) is 0.261. The largest absolute Gasteiger partial charge is 0.0877 e. The molecule has 0 aliphatic heterocycles. The highest BCUT2D eigenvalue weighted by Gasteiger charge is 1.63. The molecule has 0 aliphatic carbocycles. The second-order valence-corrected chi connectivity index (χ2v) is 1.19. The van der Waals surface area contributed by atoms with E-state index in [2.05, 4.69) is 17.9 Å². The van der Waals surface area contributed by atoms with E-state index in [1.165, 1.54) is 0 Å². The fourth-order valence-corrected chi connectivity index (χ4v) is 0.242. The van der Waals surface area contributed by atoms with Gasteiger partial charge in [0.25, 0.3) is 0 Å². The molecule has 0 fully saturated rings. The van der Waals surface area contributed by atoms with Gasteiger partial charge in [0.15, 0.2) is 0 Å². The van der Waals surface area contributed by atoms with Gasteiger partial charge in [-0.1, -0.05) is 12.5 Å². The molecule has 0 radical (unpaired) electrons. The lowest BCUT2D eigenvalue weighted by Crippen LogP contribution is -1.54. The minimum absolute atomic E-state index is 0.796. The van der Waals surface area contributed by atoms with Gasteiger partial charge in [0.05, 0.1) is 0 Å². The molecular formula is C5H5Cl. The van der Waals surface area contributed by atoms with Crippen molar-refractivity contribution in [2.24, 2.45) is 0 Å². The highest BCUT2D eigenvalue weighted by atomic mass is 35.5. The van der Waals surface area contributed by atoms with Gasteiger partial charge in [-0.2, -0.15) is 0 Å². The first-order chi connectivity index (χ1) is 2.77. The molecule has 0 atom stereocenters. The predicted molar refractivity (Wildman–Crippen MR) is 28.4 cm³/mol. The fraction of sp³-hybridized carbons (Fsp3) is 0.200. The van der Waals surface area contributed by atoms with Crippen LogP contribution in [-0.4, -0.2) is 0 Å². The molecular weight excluding hydrogens is 95.5 g/mol.